The zero-order valence-electron chi connectivity index (χ0n) is 12.4. The lowest BCUT2D eigenvalue weighted by Crippen LogP contribution is -2.23. The number of hydrogen-bond acceptors (Lipinski definition) is 3. The number of nitrogens with zero attached hydrogens (tertiary/aromatic N) is 2. The first-order chi connectivity index (χ1) is 9.76. The second kappa shape index (κ2) is 6.10. The summed E-state index contributed by atoms with van der Waals surface area (Å²) in [4.78, 5) is 3.13. The van der Waals surface area contributed by atoms with Crippen molar-refractivity contribution in [1.29, 1.82) is 0 Å². The van der Waals surface area contributed by atoms with Gasteiger partial charge in [0.05, 0.1) is 6.20 Å². The molecule has 3 nitrogen and oxygen atoms in total. The molecule has 0 bridgehead atoms. The molecule has 1 atom stereocenters. The molecular weight excluding hydrogens is 266 g/mol. The van der Waals surface area contributed by atoms with Crippen molar-refractivity contribution < 1.29 is 0 Å². The van der Waals surface area contributed by atoms with E-state index in [1.54, 1.807) is 10.4 Å². The molecule has 2 heterocycles. The summed E-state index contributed by atoms with van der Waals surface area (Å²) < 4.78 is 1.89. The fourth-order valence-electron chi connectivity index (χ4n) is 2.93. The summed E-state index contributed by atoms with van der Waals surface area (Å²) >= 11 is 2.02. The van der Waals surface area contributed by atoms with Crippen molar-refractivity contribution in [3.63, 3.8) is 0 Å². The Morgan fingerprint density at radius 1 is 1.45 bits per heavy atom. The fourth-order valence-corrected chi connectivity index (χ4v) is 4.26. The summed E-state index contributed by atoms with van der Waals surface area (Å²) in [5.41, 5.74) is 2.91. The Kier molecular flexibility index (Phi) is 4.22. The Morgan fingerprint density at radius 3 is 3.05 bits per heavy atom. The number of aryl methyl sites for hydroxylation is 3. The summed E-state index contributed by atoms with van der Waals surface area (Å²) in [6.07, 6.45) is 10.2. The van der Waals surface area contributed by atoms with Crippen LogP contribution in [0.1, 0.15) is 46.7 Å². The monoisotopic (exact) mass is 289 g/mol. The van der Waals surface area contributed by atoms with Crippen LogP contribution in [0.3, 0.4) is 0 Å². The maximum atomic E-state index is 4.29. The standard InChI is InChI=1S/C16H23N3S/c1-3-7-17-14(8-12-10-18-19(2)11-12)16-9-13-5-4-6-15(13)20-16/h9-11,14,17H,3-8H2,1-2H3. The minimum absolute atomic E-state index is 0.440. The Balaban J connectivity index is 1.77. The highest BCUT2D eigenvalue weighted by Gasteiger charge is 2.20. The number of fused-ring (bicyclic) bond motifs is 1. The minimum atomic E-state index is 0.440. The van der Waals surface area contributed by atoms with Gasteiger partial charge in [0.15, 0.2) is 0 Å². The molecule has 2 aromatic rings. The van der Waals surface area contributed by atoms with Crippen LogP contribution in [-0.2, 0) is 26.3 Å². The third-order valence-electron chi connectivity index (χ3n) is 3.95. The van der Waals surface area contributed by atoms with E-state index in [0.717, 1.165) is 13.0 Å². The lowest BCUT2D eigenvalue weighted by Gasteiger charge is -2.16. The summed E-state index contributed by atoms with van der Waals surface area (Å²) in [6.45, 7) is 3.30. The third-order valence-corrected chi connectivity index (χ3v) is 5.30. The fraction of sp³-hybridized carbons (Fsp3) is 0.562. The third kappa shape index (κ3) is 2.96. The van der Waals surface area contributed by atoms with E-state index in [-0.39, 0.29) is 0 Å². The molecule has 108 valence electrons. The first kappa shape index (κ1) is 13.8. The largest absolute Gasteiger partial charge is 0.309 e. The van der Waals surface area contributed by atoms with Crippen LogP contribution < -0.4 is 5.32 Å². The van der Waals surface area contributed by atoms with E-state index in [1.165, 1.54) is 36.1 Å². The predicted octanol–water partition coefficient (Wildman–Crippen LogP) is 3.25. The van der Waals surface area contributed by atoms with E-state index in [9.17, 15) is 0 Å². The molecule has 1 aliphatic carbocycles. The van der Waals surface area contributed by atoms with Crippen molar-refractivity contribution >= 4 is 11.3 Å². The molecule has 20 heavy (non-hydrogen) atoms. The molecule has 1 unspecified atom stereocenters. The van der Waals surface area contributed by atoms with Crippen molar-refractivity contribution in [3.05, 3.63) is 39.3 Å². The van der Waals surface area contributed by atoms with Gasteiger partial charge >= 0.3 is 0 Å². The maximum Gasteiger partial charge on any atom is 0.0522 e. The summed E-state index contributed by atoms with van der Waals surface area (Å²) in [5, 5.41) is 7.99. The number of hydrogen-bond donors (Lipinski definition) is 1. The van der Waals surface area contributed by atoms with Crippen molar-refractivity contribution in [2.75, 3.05) is 6.54 Å². The molecule has 0 saturated carbocycles. The van der Waals surface area contributed by atoms with Crippen LogP contribution in [0.2, 0.25) is 0 Å². The zero-order valence-corrected chi connectivity index (χ0v) is 13.2. The molecule has 0 saturated heterocycles. The van der Waals surface area contributed by atoms with E-state index in [4.69, 9.17) is 0 Å². The topological polar surface area (TPSA) is 29.9 Å². The molecule has 0 amide bonds. The Labute approximate surface area is 125 Å². The molecule has 0 aliphatic heterocycles. The summed E-state index contributed by atoms with van der Waals surface area (Å²) in [5.74, 6) is 0. The number of rotatable bonds is 6. The molecule has 1 N–H and O–H groups in total. The molecule has 1 aliphatic rings. The van der Waals surface area contributed by atoms with Crippen LogP contribution >= 0.6 is 11.3 Å². The van der Waals surface area contributed by atoms with Gasteiger partial charge < -0.3 is 5.32 Å². The van der Waals surface area contributed by atoms with E-state index in [0.29, 0.717) is 6.04 Å². The molecule has 4 heteroatoms. The molecule has 2 aromatic heterocycles. The van der Waals surface area contributed by atoms with Gasteiger partial charge in [-0.1, -0.05) is 6.92 Å². The van der Waals surface area contributed by atoms with Gasteiger partial charge in [-0.2, -0.15) is 5.10 Å². The maximum absolute atomic E-state index is 4.29. The first-order valence-electron chi connectivity index (χ1n) is 7.58. The van der Waals surface area contributed by atoms with Crippen molar-refractivity contribution in [2.45, 2.75) is 45.1 Å². The SMILES string of the molecule is CCCNC(Cc1cnn(C)c1)c1cc2c(s1)CCC2. The summed E-state index contributed by atoms with van der Waals surface area (Å²) in [6, 6.07) is 2.88. The molecule has 0 spiro atoms. The van der Waals surface area contributed by atoms with Crippen LogP contribution in [0.25, 0.3) is 0 Å². The zero-order chi connectivity index (χ0) is 13.9. The van der Waals surface area contributed by atoms with Gasteiger partial charge in [0.1, 0.15) is 0 Å². The van der Waals surface area contributed by atoms with Crippen LogP contribution in [0, 0.1) is 0 Å². The molecule has 3 rings (SSSR count). The Morgan fingerprint density at radius 2 is 2.35 bits per heavy atom. The van der Waals surface area contributed by atoms with Gasteiger partial charge in [0.25, 0.3) is 0 Å². The molecular formula is C16H23N3S. The van der Waals surface area contributed by atoms with Gasteiger partial charge in [0.2, 0.25) is 0 Å². The van der Waals surface area contributed by atoms with Crippen LogP contribution in [0.15, 0.2) is 18.5 Å². The van der Waals surface area contributed by atoms with Gasteiger partial charge in [0, 0.05) is 29.0 Å². The summed E-state index contributed by atoms with van der Waals surface area (Å²) in [7, 11) is 1.98. The second-order valence-electron chi connectivity index (χ2n) is 5.68. The number of aromatic nitrogens is 2. The molecule has 0 radical (unpaired) electrons. The Hall–Kier alpha value is -1.13. The Bertz CT molecular complexity index is 549. The highest BCUT2D eigenvalue weighted by Crippen LogP contribution is 2.34. The lowest BCUT2D eigenvalue weighted by atomic mass is 10.1. The van der Waals surface area contributed by atoms with E-state index in [1.807, 2.05) is 29.3 Å². The number of thiophene rings is 1. The minimum Gasteiger partial charge on any atom is -0.309 e. The highest BCUT2D eigenvalue weighted by atomic mass is 32.1. The first-order valence-corrected chi connectivity index (χ1v) is 8.40. The van der Waals surface area contributed by atoms with Crippen molar-refractivity contribution in [1.82, 2.24) is 15.1 Å². The highest BCUT2D eigenvalue weighted by molar-refractivity contribution is 7.12. The van der Waals surface area contributed by atoms with Gasteiger partial charge in [-0.05, 0) is 55.8 Å². The average Bonchev–Trinajstić information content (AvgIpc) is 3.09. The molecule has 0 fully saturated rings. The van der Waals surface area contributed by atoms with E-state index < -0.39 is 0 Å². The average molecular weight is 289 g/mol. The number of nitrogens with one attached hydrogen (secondary N) is 1. The van der Waals surface area contributed by atoms with Crippen LogP contribution in [0.4, 0.5) is 0 Å². The smallest absolute Gasteiger partial charge is 0.0522 e. The predicted molar refractivity (Wildman–Crippen MR) is 84.3 cm³/mol. The van der Waals surface area contributed by atoms with Gasteiger partial charge in [-0.3, -0.25) is 4.68 Å². The second-order valence-corrected chi connectivity index (χ2v) is 6.85. The van der Waals surface area contributed by atoms with Crippen molar-refractivity contribution in [2.24, 2.45) is 7.05 Å². The van der Waals surface area contributed by atoms with E-state index in [2.05, 4.69) is 29.6 Å². The quantitative estimate of drug-likeness (QED) is 0.884. The van der Waals surface area contributed by atoms with Gasteiger partial charge in [-0.15, -0.1) is 11.3 Å². The van der Waals surface area contributed by atoms with Crippen LogP contribution in [-0.4, -0.2) is 16.3 Å². The molecule has 0 aromatic carbocycles. The normalized spacial score (nSPS) is 15.5. The van der Waals surface area contributed by atoms with Gasteiger partial charge in [-0.25, -0.2) is 0 Å². The lowest BCUT2D eigenvalue weighted by molar-refractivity contribution is 0.536. The van der Waals surface area contributed by atoms with Crippen LogP contribution in [0.5, 0.6) is 0 Å². The van der Waals surface area contributed by atoms with Crippen molar-refractivity contribution in [3.8, 4) is 0 Å². The van der Waals surface area contributed by atoms with E-state index >= 15 is 0 Å².